The van der Waals surface area contributed by atoms with Crippen LogP contribution in [0.1, 0.15) is 12.8 Å². The topological polar surface area (TPSA) is 70.2 Å². The lowest BCUT2D eigenvalue weighted by atomic mass is 10.2. The molecule has 2 fully saturated rings. The molecule has 0 atom stereocenters. The molecule has 0 aromatic heterocycles. The van der Waals surface area contributed by atoms with Gasteiger partial charge in [-0.2, -0.15) is 5.06 Å². The van der Waals surface area contributed by atoms with Gasteiger partial charge in [0.25, 0.3) is 17.7 Å². The second-order valence-corrected chi connectivity index (χ2v) is 5.56. The van der Waals surface area contributed by atoms with E-state index in [-0.39, 0.29) is 37.2 Å². The van der Waals surface area contributed by atoms with Gasteiger partial charge in [0, 0.05) is 44.7 Å². The van der Waals surface area contributed by atoms with Crippen LogP contribution in [0.25, 0.3) is 0 Å². The number of piperazine rings is 1. The Balaban J connectivity index is 1.47. The highest BCUT2D eigenvalue weighted by molar-refractivity contribution is 6.00. The van der Waals surface area contributed by atoms with E-state index >= 15 is 0 Å². The smallest absolute Gasteiger partial charge is 0.254 e. The van der Waals surface area contributed by atoms with Crippen LogP contribution < -0.4 is 4.90 Å². The van der Waals surface area contributed by atoms with Crippen LogP contribution in [0.2, 0.25) is 0 Å². The van der Waals surface area contributed by atoms with Crippen molar-refractivity contribution in [1.29, 1.82) is 0 Å². The third-order valence-electron chi connectivity index (χ3n) is 4.08. The highest BCUT2D eigenvalue weighted by Crippen LogP contribution is 2.16. The number of carbonyl (C=O) groups excluding carboxylic acids is 3. The van der Waals surface area contributed by atoms with Crippen molar-refractivity contribution in [2.45, 2.75) is 12.8 Å². The minimum Gasteiger partial charge on any atom is -0.368 e. The van der Waals surface area contributed by atoms with Gasteiger partial charge in [-0.15, -0.1) is 0 Å². The van der Waals surface area contributed by atoms with E-state index in [9.17, 15) is 14.4 Å². The zero-order valence-electron chi connectivity index (χ0n) is 12.8. The highest BCUT2D eigenvalue weighted by Gasteiger charge is 2.31. The van der Waals surface area contributed by atoms with Crippen molar-refractivity contribution in [2.75, 3.05) is 37.7 Å². The van der Waals surface area contributed by atoms with Crippen LogP contribution in [0.15, 0.2) is 30.3 Å². The maximum Gasteiger partial charge on any atom is 0.254 e. The van der Waals surface area contributed by atoms with Gasteiger partial charge in [0.1, 0.15) is 0 Å². The Hall–Kier alpha value is -2.41. The van der Waals surface area contributed by atoms with Crippen molar-refractivity contribution in [3.8, 4) is 0 Å². The number of carbonyl (C=O) groups is 3. The highest BCUT2D eigenvalue weighted by atomic mass is 16.7. The van der Waals surface area contributed by atoms with Crippen molar-refractivity contribution in [3.05, 3.63) is 30.3 Å². The Morgan fingerprint density at radius 2 is 1.57 bits per heavy atom. The predicted molar refractivity (Wildman–Crippen MR) is 82.3 cm³/mol. The third kappa shape index (κ3) is 3.50. The first-order valence-corrected chi connectivity index (χ1v) is 7.71. The molecule has 2 aliphatic rings. The largest absolute Gasteiger partial charge is 0.368 e. The number of anilines is 1. The Morgan fingerprint density at radius 3 is 2.17 bits per heavy atom. The van der Waals surface area contributed by atoms with E-state index in [1.807, 2.05) is 30.3 Å². The fourth-order valence-corrected chi connectivity index (χ4v) is 2.76. The molecule has 0 radical (unpaired) electrons. The van der Waals surface area contributed by atoms with Gasteiger partial charge in [0.2, 0.25) is 0 Å². The van der Waals surface area contributed by atoms with Crippen molar-refractivity contribution in [1.82, 2.24) is 9.96 Å². The summed E-state index contributed by atoms with van der Waals surface area (Å²) in [5.74, 6) is -0.960. The Labute approximate surface area is 134 Å². The molecule has 0 saturated carbocycles. The maximum atomic E-state index is 12.1. The first-order chi connectivity index (χ1) is 11.1. The summed E-state index contributed by atoms with van der Waals surface area (Å²) in [4.78, 5) is 44.0. The fourth-order valence-electron chi connectivity index (χ4n) is 2.76. The van der Waals surface area contributed by atoms with Gasteiger partial charge < -0.3 is 9.80 Å². The average Bonchev–Trinajstić information content (AvgIpc) is 2.92. The second kappa shape index (κ2) is 6.78. The number of para-hydroxylation sites is 1. The van der Waals surface area contributed by atoms with Gasteiger partial charge in [-0.25, -0.2) is 0 Å². The molecule has 0 N–H and O–H groups in total. The van der Waals surface area contributed by atoms with Gasteiger partial charge in [-0.1, -0.05) is 18.2 Å². The molecule has 0 aliphatic carbocycles. The molecule has 3 rings (SSSR count). The van der Waals surface area contributed by atoms with E-state index in [4.69, 9.17) is 4.84 Å². The molecule has 7 nitrogen and oxygen atoms in total. The molecule has 2 saturated heterocycles. The predicted octanol–water partition coefficient (Wildman–Crippen LogP) is 0.416. The first-order valence-electron chi connectivity index (χ1n) is 7.71. The zero-order chi connectivity index (χ0) is 16.2. The summed E-state index contributed by atoms with van der Waals surface area (Å²) in [6.07, 6.45) is 0.311. The van der Waals surface area contributed by atoms with E-state index in [0.29, 0.717) is 13.1 Å². The fraction of sp³-hybridized carbons (Fsp3) is 0.438. The van der Waals surface area contributed by atoms with Crippen LogP contribution in [0.4, 0.5) is 5.69 Å². The van der Waals surface area contributed by atoms with Gasteiger partial charge in [0.05, 0.1) is 0 Å². The van der Waals surface area contributed by atoms with E-state index < -0.39 is 0 Å². The van der Waals surface area contributed by atoms with Gasteiger partial charge >= 0.3 is 0 Å². The molecule has 1 aromatic carbocycles. The quantitative estimate of drug-likeness (QED) is 0.753. The molecule has 2 aliphatic heterocycles. The number of hydroxylamine groups is 2. The second-order valence-electron chi connectivity index (χ2n) is 5.56. The van der Waals surface area contributed by atoms with Crippen LogP contribution >= 0.6 is 0 Å². The minimum absolute atomic E-state index is 0.156. The monoisotopic (exact) mass is 317 g/mol. The summed E-state index contributed by atoms with van der Waals surface area (Å²) in [6.45, 7) is 2.41. The number of benzene rings is 1. The lowest BCUT2D eigenvalue weighted by Crippen LogP contribution is -2.50. The lowest BCUT2D eigenvalue weighted by Gasteiger charge is -2.36. The number of nitrogens with zero attached hydrogens (tertiary/aromatic N) is 3. The van der Waals surface area contributed by atoms with E-state index in [2.05, 4.69) is 4.90 Å². The zero-order valence-corrected chi connectivity index (χ0v) is 12.8. The average molecular weight is 317 g/mol. The molecular weight excluding hydrogens is 298 g/mol. The van der Waals surface area contributed by atoms with Crippen LogP contribution in [-0.4, -0.2) is 60.5 Å². The van der Waals surface area contributed by atoms with Crippen LogP contribution in [0.5, 0.6) is 0 Å². The van der Waals surface area contributed by atoms with E-state index in [1.165, 1.54) is 0 Å². The van der Waals surface area contributed by atoms with Crippen molar-refractivity contribution >= 4 is 23.4 Å². The van der Waals surface area contributed by atoms with Crippen LogP contribution in [-0.2, 0) is 19.2 Å². The van der Waals surface area contributed by atoms with Crippen molar-refractivity contribution in [2.24, 2.45) is 0 Å². The Kier molecular flexibility index (Phi) is 4.57. The van der Waals surface area contributed by atoms with Crippen molar-refractivity contribution in [3.63, 3.8) is 0 Å². The molecule has 1 aromatic rings. The number of hydrogen-bond acceptors (Lipinski definition) is 5. The van der Waals surface area contributed by atoms with Gasteiger partial charge in [-0.05, 0) is 12.1 Å². The molecule has 0 spiro atoms. The summed E-state index contributed by atoms with van der Waals surface area (Å²) in [5.41, 5.74) is 1.14. The van der Waals surface area contributed by atoms with E-state index in [0.717, 1.165) is 23.8 Å². The minimum atomic E-state index is -0.378. The number of hydrogen-bond donors (Lipinski definition) is 0. The summed E-state index contributed by atoms with van der Waals surface area (Å²) in [7, 11) is 0. The molecule has 7 heteroatoms. The lowest BCUT2D eigenvalue weighted by molar-refractivity contribution is -0.190. The SMILES string of the molecule is O=C(CON1C(=O)CCC1=O)N1CCN(c2ccccc2)CC1. The van der Waals surface area contributed by atoms with Crippen molar-refractivity contribution < 1.29 is 19.2 Å². The molecule has 122 valence electrons. The maximum absolute atomic E-state index is 12.1. The molecule has 2 heterocycles. The number of imide groups is 1. The van der Waals surface area contributed by atoms with Gasteiger partial charge in [-0.3, -0.25) is 19.2 Å². The summed E-state index contributed by atoms with van der Waals surface area (Å²) < 4.78 is 0. The summed E-state index contributed by atoms with van der Waals surface area (Å²) in [5, 5.41) is 0.720. The standard InChI is InChI=1S/C16H19N3O4/c20-14-6-7-15(21)19(14)23-12-16(22)18-10-8-17(9-11-18)13-4-2-1-3-5-13/h1-5H,6-12H2. The summed E-state index contributed by atoms with van der Waals surface area (Å²) >= 11 is 0. The molecule has 0 unspecified atom stereocenters. The number of amides is 3. The van der Waals surface area contributed by atoms with Crippen LogP contribution in [0, 0.1) is 0 Å². The molecular formula is C16H19N3O4. The van der Waals surface area contributed by atoms with Gasteiger partial charge in [0.15, 0.2) is 6.61 Å². The molecule has 0 bridgehead atoms. The normalized spacial score (nSPS) is 18.7. The van der Waals surface area contributed by atoms with E-state index in [1.54, 1.807) is 4.90 Å². The van der Waals surface area contributed by atoms with Crippen LogP contribution in [0.3, 0.4) is 0 Å². The Morgan fingerprint density at radius 1 is 0.957 bits per heavy atom. The summed E-state index contributed by atoms with van der Waals surface area (Å²) in [6, 6.07) is 10.0. The Bertz CT molecular complexity index is 581. The first kappa shape index (κ1) is 15.5. The third-order valence-corrected chi connectivity index (χ3v) is 4.08. The molecule has 3 amide bonds. The number of rotatable bonds is 4. The molecule has 23 heavy (non-hydrogen) atoms.